The van der Waals surface area contributed by atoms with E-state index in [0.717, 1.165) is 23.3 Å². The van der Waals surface area contributed by atoms with Gasteiger partial charge in [0.2, 0.25) is 0 Å². The normalized spacial score (nSPS) is 15.4. The van der Waals surface area contributed by atoms with Crippen LogP contribution >= 0.6 is 11.6 Å². The van der Waals surface area contributed by atoms with E-state index >= 15 is 0 Å². The zero-order valence-electron chi connectivity index (χ0n) is 12.3. The quantitative estimate of drug-likeness (QED) is 0.711. The van der Waals surface area contributed by atoms with Crippen LogP contribution in [0.25, 0.3) is 0 Å². The Hall–Kier alpha value is -1.59. The standard InChI is InChI=1S/C15H20ClN3O2/c1-10-3-4-11(16)7-13(10)18-15(21)9-19(2)8-14(20)17-12-5-6-12/h3-4,7,12H,5-6,8-9H2,1-2H3,(H,17,20)(H,18,21)/p+1. The summed E-state index contributed by atoms with van der Waals surface area (Å²) in [6.45, 7) is 2.45. The Balaban J connectivity index is 1.80. The SMILES string of the molecule is Cc1ccc(Cl)cc1NC(=O)C[NH+](C)CC(=O)NC1CC1. The molecule has 1 fully saturated rings. The van der Waals surface area contributed by atoms with Crippen molar-refractivity contribution in [3.8, 4) is 0 Å². The van der Waals surface area contributed by atoms with Crippen LogP contribution in [0.2, 0.25) is 5.02 Å². The van der Waals surface area contributed by atoms with Gasteiger partial charge in [-0.2, -0.15) is 0 Å². The number of halogens is 1. The molecular weight excluding hydrogens is 290 g/mol. The lowest BCUT2D eigenvalue weighted by Gasteiger charge is -2.14. The summed E-state index contributed by atoms with van der Waals surface area (Å²) in [6.07, 6.45) is 2.14. The van der Waals surface area contributed by atoms with Crippen molar-refractivity contribution in [1.82, 2.24) is 5.32 Å². The van der Waals surface area contributed by atoms with Crippen LogP contribution in [0.3, 0.4) is 0 Å². The summed E-state index contributed by atoms with van der Waals surface area (Å²) in [5.41, 5.74) is 1.67. The van der Waals surface area contributed by atoms with Gasteiger partial charge >= 0.3 is 0 Å². The molecule has 0 aromatic heterocycles. The highest BCUT2D eigenvalue weighted by atomic mass is 35.5. The fourth-order valence-electron chi connectivity index (χ4n) is 2.04. The van der Waals surface area contributed by atoms with E-state index in [1.807, 2.05) is 20.0 Å². The second kappa shape index (κ2) is 6.91. The van der Waals surface area contributed by atoms with Gasteiger partial charge in [-0.25, -0.2) is 0 Å². The molecule has 1 aromatic rings. The zero-order chi connectivity index (χ0) is 15.4. The third-order valence-corrected chi connectivity index (χ3v) is 3.58. The largest absolute Gasteiger partial charge is 0.348 e. The van der Waals surface area contributed by atoms with Gasteiger partial charge in [-0.1, -0.05) is 17.7 Å². The van der Waals surface area contributed by atoms with Gasteiger partial charge in [-0.05, 0) is 37.5 Å². The molecule has 2 rings (SSSR count). The first-order valence-corrected chi connectivity index (χ1v) is 7.48. The number of carbonyl (C=O) groups excluding carboxylic acids is 2. The molecule has 0 aliphatic heterocycles. The molecule has 1 atom stereocenters. The summed E-state index contributed by atoms with van der Waals surface area (Å²) in [7, 11) is 1.83. The van der Waals surface area contributed by atoms with E-state index in [1.165, 1.54) is 0 Å². The van der Waals surface area contributed by atoms with Gasteiger partial charge < -0.3 is 15.5 Å². The Morgan fingerprint density at radius 3 is 2.62 bits per heavy atom. The molecule has 1 saturated carbocycles. The molecule has 3 N–H and O–H groups in total. The van der Waals surface area contributed by atoms with Gasteiger partial charge in [-0.15, -0.1) is 0 Å². The van der Waals surface area contributed by atoms with E-state index in [-0.39, 0.29) is 18.4 Å². The minimum atomic E-state index is -0.128. The maximum atomic E-state index is 12.0. The third kappa shape index (κ3) is 5.36. The maximum Gasteiger partial charge on any atom is 0.279 e. The molecule has 0 radical (unpaired) electrons. The van der Waals surface area contributed by atoms with Crippen LogP contribution in [0.4, 0.5) is 5.69 Å². The number of amides is 2. The second-order valence-corrected chi connectivity index (χ2v) is 6.10. The number of anilines is 1. The number of likely N-dealkylation sites (N-methyl/N-ethyl adjacent to an activating group) is 1. The average Bonchev–Trinajstić information content (AvgIpc) is 3.17. The fourth-order valence-corrected chi connectivity index (χ4v) is 2.21. The first-order valence-electron chi connectivity index (χ1n) is 7.10. The Bertz CT molecular complexity index is 544. The highest BCUT2D eigenvalue weighted by molar-refractivity contribution is 6.31. The van der Waals surface area contributed by atoms with Crippen molar-refractivity contribution in [2.24, 2.45) is 0 Å². The van der Waals surface area contributed by atoms with Crippen molar-refractivity contribution in [1.29, 1.82) is 0 Å². The molecule has 1 unspecified atom stereocenters. The number of quaternary nitrogens is 1. The molecule has 0 saturated heterocycles. The minimum absolute atomic E-state index is 0.00161. The highest BCUT2D eigenvalue weighted by Crippen LogP contribution is 2.20. The Morgan fingerprint density at radius 2 is 1.95 bits per heavy atom. The Labute approximate surface area is 129 Å². The smallest absolute Gasteiger partial charge is 0.279 e. The Kier molecular flexibility index (Phi) is 5.20. The Morgan fingerprint density at radius 1 is 1.29 bits per heavy atom. The molecule has 0 heterocycles. The van der Waals surface area contributed by atoms with Crippen molar-refractivity contribution in [3.05, 3.63) is 28.8 Å². The number of carbonyl (C=O) groups is 2. The summed E-state index contributed by atoms with van der Waals surface area (Å²) < 4.78 is 0. The number of hydrogen-bond acceptors (Lipinski definition) is 2. The predicted octanol–water partition coefficient (Wildman–Crippen LogP) is 0.380. The molecule has 21 heavy (non-hydrogen) atoms. The van der Waals surface area contributed by atoms with Crippen LogP contribution in [-0.2, 0) is 9.59 Å². The van der Waals surface area contributed by atoms with Gasteiger partial charge in [0.1, 0.15) is 0 Å². The van der Waals surface area contributed by atoms with Crippen LogP contribution in [0.1, 0.15) is 18.4 Å². The van der Waals surface area contributed by atoms with Crippen molar-refractivity contribution in [3.63, 3.8) is 0 Å². The molecule has 1 aromatic carbocycles. The summed E-state index contributed by atoms with van der Waals surface area (Å²) in [5, 5.41) is 6.33. The second-order valence-electron chi connectivity index (χ2n) is 5.66. The lowest BCUT2D eigenvalue weighted by Crippen LogP contribution is -3.11. The topological polar surface area (TPSA) is 62.6 Å². The summed E-state index contributed by atoms with van der Waals surface area (Å²) in [5.74, 6) is -0.126. The zero-order valence-corrected chi connectivity index (χ0v) is 13.1. The van der Waals surface area contributed by atoms with Gasteiger partial charge in [0.05, 0.1) is 7.05 Å². The molecule has 0 spiro atoms. The van der Waals surface area contributed by atoms with Crippen LogP contribution in [0, 0.1) is 6.92 Å². The van der Waals surface area contributed by atoms with Crippen LogP contribution < -0.4 is 15.5 Å². The summed E-state index contributed by atoms with van der Waals surface area (Å²) in [6, 6.07) is 5.72. The monoisotopic (exact) mass is 310 g/mol. The van der Waals surface area contributed by atoms with E-state index < -0.39 is 0 Å². The van der Waals surface area contributed by atoms with Gasteiger partial charge in [0.25, 0.3) is 11.8 Å². The molecule has 6 heteroatoms. The number of nitrogens with one attached hydrogen (secondary N) is 3. The van der Waals surface area contributed by atoms with Crippen molar-refractivity contribution < 1.29 is 14.5 Å². The number of benzene rings is 1. The lowest BCUT2D eigenvalue weighted by atomic mass is 10.2. The number of hydrogen-bond donors (Lipinski definition) is 3. The van der Waals surface area contributed by atoms with Gasteiger partial charge in [0, 0.05) is 16.8 Å². The van der Waals surface area contributed by atoms with Crippen LogP contribution in [-0.4, -0.2) is 38.0 Å². The maximum absolute atomic E-state index is 12.0. The lowest BCUT2D eigenvalue weighted by molar-refractivity contribution is -0.862. The van der Waals surface area contributed by atoms with E-state index in [2.05, 4.69) is 10.6 Å². The molecule has 1 aliphatic carbocycles. The van der Waals surface area contributed by atoms with Crippen LogP contribution in [0.15, 0.2) is 18.2 Å². The van der Waals surface area contributed by atoms with Gasteiger partial charge in [-0.3, -0.25) is 9.59 Å². The first-order chi connectivity index (χ1) is 9.94. The van der Waals surface area contributed by atoms with Crippen molar-refractivity contribution >= 4 is 29.1 Å². The van der Waals surface area contributed by atoms with E-state index in [1.54, 1.807) is 12.1 Å². The van der Waals surface area contributed by atoms with Crippen molar-refractivity contribution in [2.45, 2.75) is 25.8 Å². The fraction of sp³-hybridized carbons (Fsp3) is 0.467. The van der Waals surface area contributed by atoms with E-state index in [9.17, 15) is 9.59 Å². The van der Waals surface area contributed by atoms with E-state index in [4.69, 9.17) is 11.6 Å². The van der Waals surface area contributed by atoms with Crippen LogP contribution in [0.5, 0.6) is 0 Å². The molecule has 2 amide bonds. The average molecular weight is 311 g/mol. The van der Waals surface area contributed by atoms with Crippen molar-refractivity contribution in [2.75, 3.05) is 25.5 Å². The molecular formula is C15H21ClN3O2+. The number of aryl methyl sites for hydroxylation is 1. The predicted molar refractivity (Wildman–Crippen MR) is 82.6 cm³/mol. The van der Waals surface area contributed by atoms with Gasteiger partial charge in [0.15, 0.2) is 13.1 Å². The van der Waals surface area contributed by atoms with E-state index in [0.29, 0.717) is 23.3 Å². The molecule has 114 valence electrons. The summed E-state index contributed by atoms with van der Waals surface area (Å²) in [4.78, 5) is 24.5. The minimum Gasteiger partial charge on any atom is -0.348 e. The highest BCUT2D eigenvalue weighted by Gasteiger charge is 2.24. The summed E-state index contributed by atoms with van der Waals surface area (Å²) >= 11 is 5.92. The first kappa shape index (κ1) is 15.8. The molecule has 0 bridgehead atoms. The molecule has 1 aliphatic rings. The third-order valence-electron chi connectivity index (χ3n) is 3.34. The number of rotatable bonds is 6. The molecule has 5 nitrogen and oxygen atoms in total.